The van der Waals surface area contributed by atoms with Crippen molar-refractivity contribution in [2.45, 2.75) is 19.4 Å². The van der Waals surface area contributed by atoms with Crippen molar-refractivity contribution in [3.63, 3.8) is 0 Å². The van der Waals surface area contributed by atoms with E-state index >= 15 is 0 Å². The van der Waals surface area contributed by atoms with E-state index in [9.17, 15) is 9.50 Å². The first-order valence-electron chi connectivity index (χ1n) is 5.13. The Morgan fingerprint density at radius 3 is 2.88 bits per heavy atom. The Labute approximate surface area is 93.3 Å². The number of halogens is 1. The minimum absolute atomic E-state index is 0.334. The van der Waals surface area contributed by atoms with E-state index in [4.69, 9.17) is 4.42 Å². The van der Waals surface area contributed by atoms with Gasteiger partial charge in [-0.2, -0.15) is 0 Å². The number of aliphatic hydroxyl groups is 1. The molecule has 1 atom stereocenters. The van der Waals surface area contributed by atoms with Gasteiger partial charge in [-0.25, -0.2) is 4.39 Å². The largest absolute Gasteiger partial charge is 0.469 e. The first kappa shape index (κ1) is 10.9. The summed E-state index contributed by atoms with van der Waals surface area (Å²) in [6.07, 6.45) is 1.18. The standard InChI is InChI=1S/C13H13FO2/c1-9-4-5-10(14)7-12(9)13(15)8-11-3-2-6-16-11/h2-7,13,15H,8H2,1H3. The van der Waals surface area contributed by atoms with Crippen molar-refractivity contribution < 1.29 is 13.9 Å². The maximum absolute atomic E-state index is 13.1. The molecule has 1 aromatic heterocycles. The molecule has 16 heavy (non-hydrogen) atoms. The molecule has 0 aliphatic rings. The second-order valence-electron chi connectivity index (χ2n) is 3.80. The van der Waals surface area contributed by atoms with Crippen molar-refractivity contribution in [2.24, 2.45) is 0 Å². The van der Waals surface area contributed by atoms with Gasteiger partial charge in [0, 0.05) is 6.42 Å². The molecule has 1 aromatic carbocycles. The molecule has 0 saturated carbocycles. The SMILES string of the molecule is Cc1ccc(F)cc1C(O)Cc1ccco1. The molecular weight excluding hydrogens is 207 g/mol. The zero-order valence-electron chi connectivity index (χ0n) is 8.98. The summed E-state index contributed by atoms with van der Waals surface area (Å²) in [5.41, 5.74) is 1.48. The maximum Gasteiger partial charge on any atom is 0.123 e. The van der Waals surface area contributed by atoms with Gasteiger partial charge in [-0.05, 0) is 42.3 Å². The maximum atomic E-state index is 13.1. The summed E-state index contributed by atoms with van der Waals surface area (Å²) < 4.78 is 18.2. The van der Waals surface area contributed by atoms with Crippen LogP contribution in [-0.2, 0) is 6.42 Å². The second kappa shape index (κ2) is 4.49. The van der Waals surface area contributed by atoms with E-state index in [2.05, 4.69) is 0 Å². The molecule has 0 fully saturated rings. The molecule has 1 unspecified atom stereocenters. The van der Waals surface area contributed by atoms with Gasteiger partial charge in [0.1, 0.15) is 11.6 Å². The van der Waals surface area contributed by atoms with Crippen LogP contribution >= 0.6 is 0 Å². The zero-order valence-corrected chi connectivity index (χ0v) is 8.98. The first-order chi connectivity index (χ1) is 7.66. The van der Waals surface area contributed by atoms with Gasteiger partial charge < -0.3 is 9.52 Å². The number of hydrogen-bond donors (Lipinski definition) is 1. The minimum atomic E-state index is -0.734. The van der Waals surface area contributed by atoms with Crippen molar-refractivity contribution >= 4 is 0 Å². The molecule has 3 heteroatoms. The average molecular weight is 220 g/mol. The number of hydrogen-bond acceptors (Lipinski definition) is 2. The van der Waals surface area contributed by atoms with Crippen molar-refractivity contribution in [1.82, 2.24) is 0 Å². The lowest BCUT2D eigenvalue weighted by molar-refractivity contribution is 0.169. The minimum Gasteiger partial charge on any atom is -0.469 e. The summed E-state index contributed by atoms with van der Waals surface area (Å²) in [6.45, 7) is 1.85. The predicted molar refractivity (Wildman–Crippen MR) is 58.5 cm³/mol. The monoisotopic (exact) mass is 220 g/mol. The highest BCUT2D eigenvalue weighted by atomic mass is 19.1. The summed E-state index contributed by atoms with van der Waals surface area (Å²) in [7, 11) is 0. The van der Waals surface area contributed by atoms with Crippen LogP contribution in [0.1, 0.15) is 23.0 Å². The highest BCUT2D eigenvalue weighted by Crippen LogP contribution is 2.22. The number of benzene rings is 1. The van der Waals surface area contributed by atoms with E-state index in [1.165, 1.54) is 12.1 Å². The highest BCUT2D eigenvalue weighted by molar-refractivity contribution is 5.29. The lowest BCUT2D eigenvalue weighted by Crippen LogP contribution is -2.03. The summed E-state index contributed by atoms with van der Waals surface area (Å²) in [5, 5.41) is 9.97. The predicted octanol–water partition coefficient (Wildman–Crippen LogP) is 3.00. The van der Waals surface area contributed by atoms with Crippen molar-refractivity contribution in [3.8, 4) is 0 Å². The molecule has 2 rings (SSSR count). The van der Waals surface area contributed by atoms with E-state index in [0.717, 1.165) is 5.56 Å². The number of aryl methyl sites for hydroxylation is 1. The normalized spacial score (nSPS) is 12.7. The quantitative estimate of drug-likeness (QED) is 0.862. The Bertz CT molecular complexity index is 463. The highest BCUT2D eigenvalue weighted by Gasteiger charge is 2.13. The molecule has 1 heterocycles. The Morgan fingerprint density at radius 1 is 1.38 bits per heavy atom. The van der Waals surface area contributed by atoms with E-state index in [0.29, 0.717) is 17.7 Å². The molecule has 0 bridgehead atoms. The molecule has 2 aromatic rings. The van der Waals surface area contributed by atoms with E-state index in [1.807, 2.05) is 6.92 Å². The zero-order chi connectivity index (χ0) is 11.5. The van der Waals surface area contributed by atoms with Crippen LogP contribution in [0.5, 0.6) is 0 Å². The average Bonchev–Trinajstić information content (AvgIpc) is 2.74. The molecule has 84 valence electrons. The van der Waals surface area contributed by atoms with Gasteiger partial charge in [-0.1, -0.05) is 6.07 Å². The van der Waals surface area contributed by atoms with Gasteiger partial charge in [0.05, 0.1) is 12.4 Å². The smallest absolute Gasteiger partial charge is 0.123 e. The number of furan rings is 1. The van der Waals surface area contributed by atoms with E-state index in [1.54, 1.807) is 24.5 Å². The van der Waals surface area contributed by atoms with Gasteiger partial charge in [-0.15, -0.1) is 0 Å². The van der Waals surface area contributed by atoms with Crippen LogP contribution in [0.4, 0.5) is 4.39 Å². The number of rotatable bonds is 3. The van der Waals surface area contributed by atoms with Crippen LogP contribution in [0.3, 0.4) is 0 Å². The van der Waals surface area contributed by atoms with Gasteiger partial charge in [0.15, 0.2) is 0 Å². The van der Waals surface area contributed by atoms with E-state index in [-0.39, 0.29) is 5.82 Å². The summed E-state index contributed by atoms with van der Waals surface area (Å²) in [5.74, 6) is 0.357. The fourth-order valence-corrected chi connectivity index (χ4v) is 1.70. The molecule has 0 spiro atoms. The third-order valence-electron chi connectivity index (χ3n) is 2.57. The van der Waals surface area contributed by atoms with Gasteiger partial charge in [0.2, 0.25) is 0 Å². The summed E-state index contributed by atoms with van der Waals surface area (Å²) >= 11 is 0. The van der Waals surface area contributed by atoms with Crippen LogP contribution in [0, 0.1) is 12.7 Å². The Kier molecular flexibility index (Phi) is 3.06. The molecule has 1 N–H and O–H groups in total. The van der Waals surface area contributed by atoms with E-state index < -0.39 is 6.10 Å². The molecule has 0 amide bonds. The van der Waals surface area contributed by atoms with Crippen molar-refractivity contribution in [2.75, 3.05) is 0 Å². The molecule has 0 saturated heterocycles. The third-order valence-corrected chi connectivity index (χ3v) is 2.57. The third kappa shape index (κ3) is 2.31. The topological polar surface area (TPSA) is 33.4 Å². The summed E-state index contributed by atoms with van der Waals surface area (Å²) in [6, 6.07) is 7.97. The molecule has 0 aliphatic carbocycles. The lowest BCUT2D eigenvalue weighted by Gasteiger charge is -2.12. The Morgan fingerprint density at radius 2 is 2.19 bits per heavy atom. The molecule has 2 nitrogen and oxygen atoms in total. The van der Waals surface area contributed by atoms with Crippen LogP contribution < -0.4 is 0 Å². The van der Waals surface area contributed by atoms with Crippen molar-refractivity contribution in [3.05, 3.63) is 59.3 Å². The van der Waals surface area contributed by atoms with Gasteiger partial charge >= 0.3 is 0 Å². The van der Waals surface area contributed by atoms with Crippen LogP contribution in [0.15, 0.2) is 41.0 Å². The molecular formula is C13H13FO2. The fourth-order valence-electron chi connectivity index (χ4n) is 1.70. The first-order valence-corrected chi connectivity index (χ1v) is 5.13. The van der Waals surface area contributed by atoms with Crippen LogP contribution in [0.2, 0.25) is 0 Å². The van der Waals surface area contributed by atoms with Crippen LogP contribution in [0.25, 0.3) is 0 Å². The molecule has 0 radical (unpaired) electrons. The second-order valence-corrected chi connectivity index (χ2v) is 3.80. The van der Waals surface area contributed by atoms with Crippen LogP contribution in [-0.4, -0.2) is 5.11 Å². The lowest BCUT2D eigenvalue weighted by atomic mass is 10.0. The Hall–Kier alpha value is -1.61. The summed E-state index contributed by atoms with van der Waals surface area (Å²) in [4.78, 5) is 0. The van der Waals surface area contributed by atoms with Crippen molar-refractivity contribution in [1.29, 1.82) is 0 Å². The fraction of sp³-hybridized carbons (Fsp3) is 0.231. The van der Waals surface area contributed by atoms with Gasteiger partial charge in [-0.3, -0.25) is 0 Å². The Balaban J connectivity index is 2.20. The number of aliphatic hydroxyl groups excluding tert-OH is 1. The van der Waals surface area contributed by atoms with Gasteiger partial charge in [0.25, 0.3) is 0 Å². The molecule has 0 aliphatic heterocycles.